The van der Waals surface area contributed by atoms with Crippen molar-refractivity contribution in [2.45, 2.75) is 34.1 Å². The number of nitrogens with zero attached hydrogens (tertiary/aromatic N) is 1. The minimum absolute atomic E-state index is 0.0509. The topological polar surface area (TPSA) is 83.8 Å². The lowest BCUT2D eigenvalue weighted by atomic mass is 9.89. The first-order valence-electron chi connectivity index (χ1n) is 5.37. The first kappa shape index (κ1) is 12.7. The highest BCUT2D eigenvalue weighted by Gasteiger charge is 2.21. The van der Waals surface area contributed by atoms with Gasteiger partial charge in [0, 0.05) is 17.7 Å². The number of carbonyl (C=O) groups excluding carboxylic acids is 1. The van der Waals surface area contributed by atoms with E-state index < -0.39 is 0 Å². The number of amides is 1. The molecular weight excluding hydrogens is 204 g/mol. The highest BCUT2D eigenvalue weighted by Crippen LogP contribution is 2.20. The second-order valence-electron chi connectivity index (χ2n) is 4.92. The molecule has 0 radical (unpaired) electrons. The molecule has 0 bridgehead atoms. The summed E-state index contributed by atoms with van der Waals surface area (Å²) in [5.74, 6) is 0.556. The van der Waals surface area contributed by atoms with Crippen LogP contribution in [0.4, 0.5) is 5.82 Å². The Kier molecular flexibility index (Phi) is 3.70. The molecule has 90 valence electrons. The van der Waals surface area contributed by atoms with E-state index in [0.29, 0.717) is 18.8 Å². The molecule has 0 atom stereocenters. The monoisotopic (exact) mass is 224 g/mol. The maximum atomic E-state index is 11.7. The zero-order valence-electron chi connectivity index (χ0n) is 10.3. The fourth-order valence-electron chi connectivity index (χ4n) is 1.29. The van der Waals surface area contributed by atoms with E-state index in [0.717, 1.165) is 11.3 Å². The van der Waals surface area contributed by atoms with Gasteiger partial charge in [0.05, 0.1) is 0 Å². The number of aryl methyl sites for hydroxylation is 1. The Morgan fingerprint density at radius 3 is 2.56 bits per heavy atom. The van der Waals surface area contributed by atoms with E-state index in [9.17, 15) is 4.79 Å². The number of rotatable bonds is 4. The van der Waals surface area contributed by atoms with Crippen LogP contribution in [-0.2, 0) is 4.79 Å². The number of hydrogen-bond donors (Lipinski definition) is 3. The molecule has 0 spiro atoms. The van der Waals surface area contributed by atoms with E-state index >= 15 is 0 Å². The van der Waals surface area contributed by atoms with Crippen LogP contribution in [0, 0.1) is 19.3 Å². The van der Waals surface area contributed by atoms with Crippen LogP contribution in [0.15, 0.2) is 0 Å². The summed E-state index contributed by atoms with van der Waals surface area (Å²) in [7, 11) is 0. The summed E-state index contributed by atoms with van der Waals surface area (Å²) in [6.07, 6.45) is 0.398. The normalized spacial score (nSPS) is 11.6. The Hall–Kier alpha value is -1.36. The molecule has 0 saturated heterocycles. The molecule has 1 rings (SSSR count). The molecule has 1 aromatic rings. The second kappa shape index (κ2) is 4.65. The molecule has 1 amide bonds. The summed E-state index contributed by atoms with van der Waals surface area (Å²) in [5, 5.41) is 9.64. The van der Waals surface area contributed by atoms with Crippen molar-refractivity contribution in [2.75, 3.05) is 11.9 Å². The van der Waals surface area contributed by atoms with Crippen LogP contribution in [0.25, 0.3) is 0 Å². The van der Waals surface area contributed by atoms with Crippen LogP contribution < -0.4 is 11.1 Å². The van der Waals surface area contributed by atoms with Gasteiger partial charge in [-0.2, -0.15) is 5.10 Å². The van der Waals surface area contributed by atoms with E-state index in [1.165, 1.54) is 0 Å². The summed E-state index contributed by atoms with van der Waals surface area (Å²) in [4.78, 5) is 11.7. The summed E-state index contributed by atoms with van der Waals surface area (Å²) in [5.41, 5.74) is 7.34. The van der Waals surface area contributed by atoms with E-state index in [1.54, 1.807) is 0 Å². The molecule has 0 fully saturated rings. The van der Waals surface area contributed by atoms with Crippen molar-refractivity contribution in [1.29, 1.82) is 0 Å². The number of aromatic nitrogens is 2. The Morgan fingerprint density at radius 2 is 2.12 bits per heavy atom. The van der Waals surface area contributed by atoms with Gasteiger partial charge in [-0.05, 0) is 25.8 Å². The summed E-state index contributed by atoms with van der Waals surface area (Å²) >= 11 is 0. The molecule has 1 aromatic heterocycles. The third kappa shape index (κ3) is 3.06. The predicted octanol–water partition coefficient (Wildman–Crippen LogP) is 1.34. The van der Waals surface area contributed by atoms with Gasteiger partial charge in [-0.3, -0.25) is 9.89 Å². The highest BCUT2D eigenvalue weighted by molar-refractivity contribution is 5.90. The van der Waals surface area contributed by atoms with Crippen molar-refractivity contribution in [3.05, 3.63) is 11.3 Å². The van der Waals surface area contributed by atoms with Gasteiger partial charge in [-0.25, -0.2) is 0 Å². The van der Waals surface area contributed by atoms with Gasteiger partial charge >= 0.3 is 0 Å². The van der Waals surface area contributed by atoms with Gasteiger partial charge < -0.3 is 11.1 Å². The minimum Gasteiger partial charge on any atom is -0.330 e. The average molecular weight is 224 g/mol. The van der Waals surface area contributed by atoms with Crippen molar-refractivity contribution >= 4 is 11.7 Å². The molecule has 5 nitrogen and oxygen atoms in total. The molecule has 0 aliphatic rings. The highest BCUT2D eigenvalue weighted by atomic mass is 16.1. The fourth-order valence-corrected chi connectivity index (χ4v) is 1.29. The van der Waals surface area contributed by atoms with Crippen LogP contribution in [0.1, 0.15) is 31.5 Å². The second-order valence-corrected chi connectivity index (χ2v) is 4.92. The lowest BCUT2D eigenvalue weighted by molar-refractivity contribution is -0.117. The molecular formula is C11H20N4O. The van der Waals surface area contributed by atoms with Gasteiger partial charge in [0.2, 0.25) is 5.91 Å². The van der Waals surface area contributed by atoms with Crippen molar-refractivity contribution in [1.82, 2.24) is 10.2 Å². The number of nitrogens with one attached hydrogen (secondary N) is 2. The molecule has 0 aliphatic carbocycles. The number of carbonyl (C=O) groups is 1. The molecule has 5 heteroatoms. The van der Waals surface area contributed by atoms with Crippen molar-refractivity contribution in [3.63, 3.8) is 0 Å². The van der Waals surface area contributed by atoms with Crippen molar-refractivity contribution in [2.24, 2.45) is 11.1 Å². The molecule has 16 heavy (non-hydrogen) atoms. The maximum absolute atomic E-state index is 11.7. The molecule has 1 heterocycles. The van der Waals surface area contributed by atoms with Gasteiger partial charge in [-0.1, -0.05) is 13.8 Å². The Morgan fingerprint density at radius 1 is 1.50 bits per heavy atom. The first-order valence-corrected chi connectivity index (χ1v) is 5.37. The van der Waals surface area contributed by atoms with Gasteiger partial charge in [-0.15, -0.1) is 0 Å². The van der Waals surface area contributed by atoms with Gasteiger partial charge in [0.25, 0.3) is 0 Å². The van der Waals surface area contributed by atoms with Crippen molar-refractivity contribution < 1.29 is 4.79 Å². The Bertz CT molecular complexity index is 381. The van der Waals surface area contributed by atoms with Crippen LogP contribution in [0.3, 0.4) is 0 Å². The van der Waals surface area contributed by atoms with Gasteiger partial charge in [0.1, 0.15) is 0 Å². The average Bonchev–Trinajstić information content (AvgIpc) is 2.49. The molecule has 0 unspecified atom stereocenters. The third-order valence-electron chi connectivity index (χ3n) is 2.70. The third-order valence-corrected chi connectivity index (χ3v) is 2.70. The summed E-state index contributed by atoms with van der Waals surface area (Å²) in [6, 6.07) is 0. The van der Waals surface area contributed by atoms with Crippen LogP contribution in [0.5, 0.6) is 0 Å². The minimum atomic E-state index is -0.177. The first-order chi connectivity index (χ1) is 7.35. The number of H-pyrrole nitrogens is 1. The Labute approximate surface area is 95.8 Å². The molecule has 0 saturated carbocycles. The zero-order valence-corrected chi connectivity index (χ0v) is 10.3. The van der Waals surface area contributed by atoms with Crippen molar-refractivity contribution in [3.8, 4) is 0 Å². The van der Waals surface area contributed by atoms with Crippen LogP contribution in [0.2, 0.25) is 0 Å². The lowest BCUT2D eigenvalue weighted by Crippen LogP contribution is -2.29. The number of aromatic amines is 1. The lowest BCUT2D eigenvalue weighted by Gasteiger charge is -2.20. The number of nitrogens with two attached hydrogens (primary N) is 1. The largest absolute Gasteiger partial charge is 0.330 e. The van der Waals surface area contributed by atoms with Crippen LogP contribution in [-0.4, -0.2) is 22.6 Å². The standard InChI is InChI=1S/C11H20N4O/c1-7-8(2)14-15-10(7)13-9(16)5-11(3,4)6-12/h5-6,12H2,1-4H3,(H2,13,14,15,16). The quantitative estimate of drug-likeness (QED) is 0.721. The smallest absolute Gasteiger partial charge is 0.226 e. The SMILES string of the molecule is Cc1[nH]nc(NC(=O)CC(C)(C)CN)c1C. The number of hydrogen-bond acceptors (Lipinski definition) is 3. The molecule has 0 aromatic carbocycles. The zero-order chi connectivity index (χ0) is 12.3. The maximum Gasteiger partial charge on any atom is 0.226 e. The summed E-state index contributed by atoms with van der Waals surface area (Å²) < 4.78 is 0. The van der Waals surface area contributed by atoms with Crippen LogP contribution >= 0.6 is 0 Å². The van der Waals surface area contributed by atoms with Gasteiger partial charge in [0.15, 0.2) is 5.82 Å². The Balaban J connectivity index is 2.62. The summed E-state index contributed by atoms with van der Waals surface area (Å²) in [6.45, 7) is 8.26. The van der Waals surface area contributed by atoms with E-state index in [4.69, 9.17) is 5.73 Å². The van der Waals surface area contributed by atoms with E-state index in [1.807, 2.05) is 27.7 Å². The number of anilines is 1. The fraction of sp³-hybridized carbons (Fsp3) is 0.636. The molecule has 0 aliphatic heterocycles. The molecule has 4 N–H and O–H groups in total. The van der Waals surface area contributed by atoms with E-state index in [-0.39, 0.29) is 11.3 Å². The van der Waals surface area contributed by atoms with E-state index in [2.05, 4.69) is 15.5 Å². The predicted molar refractivity (Wildman–Crippen MR) is 64.1 cm³/mol.